The highest BCUT2D eigenvalue weighted by molar-refractivity contribution is 7.98. The summed E-state index contributed by atoms with van der Waals surface area (Å²) in [5.74, 6) is -0.846. The molecule has 20 heavy (non-hydrogen) atoms. The SMILES string of the molecule is CSc1ccc(C(NN2CCN(C)CC2)C(=O)O)cc1. The van der Waals surface area contributed by atoms with Gasteiger partial charge in [0.25, 0.3) is 0 Å². The number of rotatable bonds is 5. The van der Waals surface area contributed by atoms with Gasteiger partial charge in [0.15, 0.2) is 0 Å². The molecule has 1 aliphatic rings. The van der Waals surface area contributed by atoms with Crippen molar-refractivity contribution in [1.82, 2.24) is 15.3 Å². The molecule has 0 saturated carbocycles. The molecule has 1 fully saturated rings. The van der Waals surface area contributed by atoms with E-state index in [1.165, 1.54) is 0 Å². The second kappa shape index (κ2) is 7.08. The molecule has 1 unspecified atom stereocenters. The van der Waals surface area contributed by atoms with E-state index in [2.05, 4.69) is 17.4 Å². The summed E-state index contributed by atoms with van der Waals surface area (Å²) >= 11 is 1.65. The van der Waals surface area contributed by atoms with Gasteiger partial charge >= 0.3 is 5.97 Å². The molecule has 0 spiro atoms. The first-order valence-corrected chi connectivity index (χ1v) is 7.89. The first kappa shape index (κ1) is 15.3. The Morgan fingerprint density at radius 3 is 2.35 bits per heavy atom. The first-order chi connectivity index (χ1) is 9.60. The van der Waals surface area contributed by atoms with Crippen molar-refractivity contribution in [1.29, 1.82) is 0 Å². The molecular weight excluding hydrogens is 274 g/mol. The highest BCUT2D eigenvalue weighted by Gasteiger charge is 2.24. The fourth-order valence-electron chi connectivity index (χ4n) is 2.19. The van der Waals surface area contributed by atoms with E-state index in [0.29, 0.717) is 0 Å². The molecule has 1 aromatic carbocycles. The molecule has 2 N–H and O–H groups in total. The van der Waals surface area contributed by atoms with Crippen LogP contribution in [-0.2, 0) is 4.79 Å². The van der Waals surface area contributed by atoms with Crippen LogP contribution in [0.5, 0.6) is 0 Å². The number of nitrogens with one attached hydrogen (secondary N) is 1. The predicted molar refractivity (Wildman–Crippen MR) is 80.8 cm³/mol. The molecule has 1 aromatic rings. The maximum absolute atomic E-state index is 11.5. The maximum atomic E-state index is 11.5. The Morgan fingerprint density at radius 2 is 1.85 bits per heavy atom. The van der Waals surface area contributed by atoms with Gasteiger partial charge in [-0.05, 0) is 31.0 Å². The smallest absolute Gasteiger partial charge is 0.326 e. The van der Waals surface area contributed by atoms with E-state index in [-0.39, 0.29) is 0 Å². The number of hydrazine groups is 1. The summed E-state index contributed by atoms with van der Waals surface area (Å²) in [5.41, 5.74) is 3.92. The number of carboxylic acid groups (broad SMARTS) is 1. The van der Waals surface area contributed by atoms with Gasteiger partial charge in [0.05, 0.1) is 0 Å². The summed E-state index contributed by atoms with van der Waals surface area (Å²) in [6.07, 6.45) is 2.01. The second-order valence-corrected chi connectivity index (χ2v) is 5.84. The van der Waals surface area contributed by atoms with Crippen LogP contribution in [-0.4, -0.2) is 60.5 Å². The van der Waals surface area contributed by atoms with Crippen molar-refractivity contribution < 1.29 is 9.90 Å². The molecule has 1 saturated heterocycles. The average Bonchev–Trinajstić information content (AvgIpc) is 2.46. The molecule has 5 nitrogen and oxygen atoms in total. The largest absolute Gasteiger partial charge is 0.480 e. The van der Waals surface area contributed by atoms with Crippen molar-refractivity contribution in [3.8, 4) is 0 Å². The van der Waals surface area contributed by atoms with Crippen LogP contribution in [0.3, 0.4) is 0 Å². The number of aliphatic carboxylic acids is 1. The summed E-state index contributed by atoms with van der Waals surface area (Å²) in [7, 11) is 2.08. The lowest BCUT2D eigenvalue weighted by Crippen LogP contribution is -2.52. The Bertz CT molecular complexity index is 444. The minimum atomic E-state index is -0.846. The summed E-state index contributed by atoms with van der Waals surface area (Å²) in [6.45, 7) is 3.57. The van der Waals surface area contributed by atoms with Gasteiger partial charge in [-0.2, -0.15) is 0 Å². The quantitative estimate of drug-likeness (QED) is 0.798. The summed E-state index contributed by atoms with van der Waals surface area (Å²) < 4.78 is 0. The minimum absolute atomic E-state index is 0.686. The molecule has 1 heterocycles. The third kappa shape index (κ3) is 3.96. The lowest BCUT2D eigenvalue weighted by atomic mass is 10.1. The number of piperazine rings is 1. The Kier molecular flexibility index (Phi) is 5.42. The molecular formula is C14H21N3O2S. The summed E-state index contributed by atoms with van der Waals surface area (Å²) in [5, 5.41) is 11.4. The fourth-order valence-corrected chi connectivity index (χ4v) is 2.60. The summed E-state index contributed by atoms with van der Waals surface area (Å²) in [6, 6.07) is 7.00. The van der Waals surface area contributed by atoms with Crippen molar-refractivity contribution in [2.75, 3.05) is 39.5 Å². The van der Waals surface area contributed by atoms with Gasteiger partial charge in [-0.1, -0.05) is 12.1 Å². The highest BCUT2D eigenvalue weighted by Crippen LogP contribution is 2.20. The topological polar surface area (TPSA) is 55.8 Å². The number of carboxylic acids is 1. The number of likely N-dealkylation sites (N-methyl/N-ethyl adjacent to an activating group) is 1. The lowest BCUT2D eigenvalue weighted by molar-refractivity contribution is -0.141. The van der Waals surface area contributed by atoms with Gasteiger partial charge in [0.2, 0.25) is 0 Å². The normalized spacial score (nSPS) is 18.9. The van der Waals surface area contributed by atoms with Crippen LogP contribution < -0.4 is 5.43 Å². The van der Waals surface area contributed by atoms with Crippen LogP contribution in [0.15, 0.2) is 29.2 Å². The zero-order valence-corrected chi connectivity index (χ0v) is 12.7. The molecule has 1 atom stereocenters. The van der Waals surface area contributed by atoms with E-state index in [9.17, 15) is 9.90 Å². The van der Waals surface area contributed by atoms with Gasteiger partial charge in [0, 0.05) is 31.1 Å². The zero-order chi connectivity index (χ0) is 14.5. The van der Waals surface area contributed by atoms with Crippen LogP contribution >= 0.6 is 11.8 Å². The third-order valence-corrected chi connectivity index (χ3v) is 4.25. The Balaban J connectivity index is 2.04. The molecule has 0 bridgehead atoms. The number of hydrogen-bond donors (Lipinski definition) is 2. The van der Waals surface area contributed by atoms with Crippen LogP contribution in [0.2, 0.25) is 0 Å². The van der Waals surface area contributed by atoms with Crippen molar-refractivity contribution in [3.05, 3.63) is 29.8 Å². The van der Waals surface area contributed by atoms with Crippen molar-refractivity contribution in [2.24, 2.45) is 0 Å². The number of benzene rings is 1. The molecule has 110 valence electrons. The monoisotopic (exact) mass is 295 g/mol. The first-order valence-electron chi connectivity index (χ1n) is 6.66. The van der Waals surface area contributed by atoms with Gasteiger partial charge in [0.1, 0.15) is 6.04 Å². The van der Waals surface area contributed by atoms with E-state index in [4.69, 9.17) is 0 Å². The third-order valence-electron chi connectivity index (χ3n) is 3.51. The lowest BCUT2D eigenvalue weighted by Gasteiger charge is -2.34. The van der Waals surface area contributed by atoms with Crippen molar-refractivity contribution >= 4 is 17.7 Å². The fraction of sp³-hybridized carbons (Fsp3) is 0.500. The molecule has 6 heteroatoms. The van der Waals surface area contributed by atoms with E-state index < -0.39 is 12.0 Å². The predicted octanol–water partition coefficient (Wildman–Crippen LogP) is 1.29. The van der Waals surface area contributed by atoms with Gasteiger partial charge in [-0.25, -0.2) is 10.4 Å². The van der Waals surface area contributed by atoms with Crippen LogP contribution in [0.25, 0.3) is 0 Å². The van der Waals surface area contributed by atoms with E-state index in [1.807, 2.05) is 35.5 Å². The molecule has 0 aliphatic carbocycles. The van der Waals surface area contributed by atoms with Crippen molar-refractivity contribution in [3.63, 3.8) is 0 Å². The zero-order valence-electron chi connectivity index (χ0n) is 11.9. The minimum Gasteiger partial charge on any atom is -0.480 e. The molecule has 0 aromatic heterocycles. The molecule has 0 radical (unpaired) electrons. The number of hydrogen-bond acceptors (Lipinski definition) is 5. The van der Waals surface area contributed by atoms with E-state index in [1.54, 1.807) is 11.8 Å². The molecule has 0 amide bonds. The second-order valence-electron chi connectivity index (χ2n) is 4.96. The number of thioether (sulfide) groups is 1. The standard InChI is InChI=1S/C14H21N3O2S/c1-16-7-9-17(10-8-16)15-13(14(18)19)11-3-5-12(20-2)6-4-11/h3-6,13,15H,7-10H2,1-2H3,(H,18,19). The highest BCUT2D eigenvalue weighted by atomic mass is 32.2. The van der Waals surface area contributed by atoms with Crippen LogP contribution in [0.4, 0.5) is 0 Å². The van der Waals surface area contributed by atoms with Gasteiger partial charge < -0.3 is 10.0 Å². The Morgan fingerprint density at radius 1 is 1.25 bits per heavy atom. The molecule has 2 rings (SSSR count). The number of nitrogens with zero attached hydrogens (tertiary/aromatic N) is 2. The Hall–Kier alpha value is -1.08. The van der Waals surface area contributed by atoms with Crippen LogP contribution in [0, 0.1) is 0 Å². The molecule has 1 aliphatic heterocycles. The Labute approximate surface area is 123 Å². The van der Waals surface area contributed by atoms with E-state index in [0.717, 1.165) is 36.6 Å². The van der Waals surface area contributed by atoms with Gasteiger partial charge in [-0.3, -0.25) is 4.79 Å². The summed E-state index contributed by atoms with van der Waals surface area (Å²) in [4.78, 5) is 14.9. The van der Waals surface area contributed by atoms with Crippen molar-refractivity contribution in [2.45, 2.75) is 10.9 Å². The van der Waals surface area contributed by atoms with E-state index >= 15 is 0 Å². The maximum Gasteiger partial charge on any atom is 0.326 e. The average molecular weight is 295 g/mol. The van der Waals surface area contributed by atoms with Gasteiger partial charge in [-0.15, -0.1) is 11.8 Å². The van der Waals surface area contributed by atoms with Crippen LogP contribution in [0.1, 0.15) is 11.6 Å². The number of carbonyl (C=O) groups is 1.